The zero-order chi connectivity index (χ0) is 13.5. The summed E-state index contributed by atoms with van der Waals surface area (Å²) in [5.74, 6) is 0.641. The van der Waals surface area contributed by atoms with E-state index in [-0.39, 0.29) is 6.03 Å². The van der Waals surface area contributed by atoms with Crippen LogP contribution in [0.1, 0.15) is 32.6 Å². The number of nitrogens with one attached hydrogen (secondary N) is 1. The first-order chi connectivity index (χ1) is 9.25. The SMILES string of the molecule is C[C@H]1CCN(C(=O)NCCCOC2CCOCC2)C1. The molecule has 5 nitrogen and oxygen atoms in total. The largest absolute Gasteiger partial charge is 0.381 e. The molecule has 2 aliphatic rings. The van der Waals surface area contributed by atoms with E-state index < -0.39 is 0 Å². The number of likely N-dealkylation sites (tertiary alicyclic amines) is 1. The third-order valence-corrected chi connectivity index (χ3v) is 3.83. The molecule has 19 heavy (non-hydrogen) atoms. The second-order valence-electron chi connectivity index (χ2n) is 5.61. The average Bonchev–Trinajstić information content (AvgIpc) is 2.86. The maximum atomic E-state index is 11.8. The first-order valence-electron chi connectivity index (χ1n) is 7.48. The van der Waals surface area contributed by atoms with E-state index in [0.29, 0.717) is 18.6 Å². The van der Waals surface area contributed by atoms with E-state index in [2.05, 4.69) is 12.2 Å². The van der Waals surface area contributed by atoms with Gasteiger partial charge in [-0.25, -0.2) is 4.79 Å². The van der Waals surface area contributed by atoms with Gasteiger partial charge in [-0.05, 0) is 31.6 Å². The minimum Gasteiger partial charge on any atom is -0.381 e. The molecule has 1 N–H and O–H groups in total. The summed E-state index contributed by atoms with van der Waals surface area (Å²) in [4.78, 5) is 13.7. The van der Waals surface area contributed by atoms with Gasteiger partial charge in [-0.2, -0.15) is 0 Å². The molecule has 0 aromatic heterocycles. The van der Waals surface area contributed by atoms with Crippen molar-refractivity contribution in [3.63, 3.8) is 0 Å². The predicted molar refractivity (Wildman–Crippen MR) is 73.2 cm³/mol. The Hall–Kier alpha value is -0.810. The van der Waals surface area contributed by atoms with Crippen molar-refractivity contribution in [2.24, 2.45) is 5.92 Å². The third kappa shape index (κ3) is 4.99. The molecular formula is C14H26N2O3. The molecule has 5 heteroatoms. The molecule has 2 aliphatic heterocycles. The molecule has 0 spiro atoms. The number of amides is 2. The first kappa shape index (κ1) is 14.6. The normalized spacial score (nSPS) is 24.7. The summed E-state index contributed by atoms with van der Waals surface area (Å²) < 4.78 is 11.0. The number of hydrogen-bond acceptors (Lipinski definition) is 3. The summed E-state index contributed by atoms with van der Waals surface area (Å²) in [6, 6.07) is 0.0791. The lowest BCUT2D eigenvalue weighted by molar-refractivity contribution is -0.0320. The van der Waals surface area contributed by atoms with Crippen LogP contribution < -0.4 is 5.32 Å². The molecule has 2 amide bonds. The number of hydrogen-bond donors (Lipinski definition) is 1. The molecule has 0 saturated carbocycles. The Labute approximate surface area is 115 Å². The molecular weight excluding hydrogens is 244 g/mol. The van der Waals surface area contributed by atoms with Gasteiger partial charge in [0.15, 0.2) is 0 Å². The zero-order valence-corrected chi connectivity index (χ0v) is 11.9. The molecule has 2 fully saturated rings. The fraction of sp³-hybridized carbons (Fsp3) is 0.929. The van der Waals surface area contributed by atoms with Gasteiger partial charge in [0.1, 0.15) is 0 Å². The molecule has 0 aliphatic carbocycles. The predicted octanol–water partition coefficient (Wildman–Crippen LogP) is 1.62. The van der Waals surface area contributed by atoms with E-state index in [1.807, 2.05) is 4.90 Å². The minimum absolute atomic E-state index is 0.0791. The van der Waals surface area contributed by atoms with Gasteiger partial charge in [0.25, 0.3) is 0 Å². The third-order valence-electron chi connectivity index (χ3n) is 3.83. The van der Waals surface area contributed by atoms with E-state index in [9.17, 15) is 4.79 Å². The van der Waals surface area contributed by atoms with Gasteiger partial charge in [0.2, 0.25) is 0 Å². The standard InChI is InChI=1S/C14H26N2O3/c1-12-3-7-16(11-12)14(17)15-6-2-8-19-13-4-9-18-10-5-13/h12-13H,2-11H2,1H3,(H,15,17)/t12-/m0/s1. The van der Waals surface area contributed by atoms with E-state index >= 15 is 0 Å². The number of carbonyl (C=O) groups is 1. The topological polar surface area (TPSA) is 50.8 Å². The Bertz CT molecular complexity index is 280. The van der Waals surface area contributed by atoms with Crippen LogP contribution in [0.4, 0.5) is 4.79 Å². The lowest BCUT2D eigenvalue weighted by atomic mass is 10.1. The van der Waals surface area contributed by atoms with Crippen LogP contribution >= 0.6 is 0 Å². The van der Waals surface area contributed by atoms with Crippen LogP contribution in [0.25, 0.3) is 0 Å². The first-order valence-corrected chi connectivity index (χ1v) is 7.48. The highest BCUT2D eigenvalue weighted by Crippen LogP contribution is 2.14. The van der Waals surface area contributed by atoms with Crippen LogP contribution in [-0.4, -0.2) is 56.5 Å². The smallest absolute Gasteiger partial charge is 0.317 e. The summed E-state index contributed by atoms with van der Waals surface area (Å²) >= 11 is 0. The second kappa shape index (κ2) is 7.70. The molecule has 1 atom stereocenters. The van der Waals surface area contributed by atoms with Gasteiger partial charge in [-0.15, -0.1) is 0 Å². The number of carbonyl (C=O) groups excluding carboxylic acids is 1. The zero-order valence-electron chi connectivity index (χ0n) is 11.9. The maximum Gasteiger partial charge on any atom is 0.317 e. The maximum absolute atomic E-state index is 11.8. The molecule has 2 saturated heterocycles. The van der Waals surface area contributed by atoms with Gasteiger partial charge >= 0.3 is 6.03 Å². The van der Waals surface area contributed by atoms with Crippen molar-refractivity contribution in [2.75, 3.05) is 39.5 Å². The summed E-state index contributed by atoms with van der Waals surface area (Å²) in [5.41, 5.74) is 0. The van der Waals surface area contributed by atoms with Crippen LogP contribution in [0.3, 0.4) is 0 Å². The number of ether oxygens (including phenoxy) is 2. The van der Waals surface area contributed by atoms with Gasteiger partial charge in [0, 0.05) is 39.5 Å². The summed E-state index contributed by atoms with van der Waals surface area (Å²) in [6.45, 7) is 7.03. The van der Waals surface area contributed by atoms with Gasteiger partial charge in [0.05, 0.1) is 6.10 Å². The quantitative estimate of drug-likeness (QED) is 0.772. The number of rotatable bonds is 5. The van der Waals surface area contributed by atoms with Crippen molar-refractivity contribution in [1.29, 1.82) is 0 Å². The van der Waals surface area contributed by atoms with Crippen molar-refractivity contribution in [2.45, 2.75) is 38.7 Å². The Kier molecular flexibility index (Phi) is 5.92. The molecule has 0 unspecified atom stereocenters. The highest BCUT2D eigenvalue weighted by molar-refractivity contribution is 5.74. The average molecular weight is 270 g/mol. The summed E-state index contributed by atoms with van der Waals surface area (Å²) in [6.07, 6.45) is 4.35. The van der Waals surface area contributed by atoms with Crippen molar-refractivity contribution >= 4 is 6.03 Å². The molecule has 2 rings (SSSR count). The number of nitrogens with zero attached hydrogens (tertiary/aromatic N) is 1. The molecule has 0 bridgehead atoms. The van der Waals surface area contributed by atoms with Crippen LogP contribution in [0, 0.1) is 5.92 Å². The van der Waals surface area contributed by atoms with Crippen molar-refractivity contribution < 1.29 is 14.3 Å². The molecule has 110 valence electrons. The summed E-state index contributed by atoms with van der Waals surface area (Å²) in [5, 5.41) is 2.97. The summed E-state index contributed by atoms with van der Waals surface area (Å²) in [7, 11) is 0. The Morgan fingerprint density at radius 2 is 2.16 bits per heavy atom. The van der Waals surface area contributed by atoms with Gasteiger partial charge < -0.3 is 19.7 Å². The Morgan fingerprint density at radius 1 is 1.37 bits per heavy atom. The fourth-order valence-electron chi connectivity index (χ4n) is 2.59. The van der Waals surface area contributed by atoms with Crippen LogP contribution in [0.5, 0.6) is 0 Å². The molecule has 0 radical (unpaired) electrons. The molecule has 2 heterocycles. The van der Waals surface area contributed by atoms with Crippen LogP contribution in [0.15, 0.2) is 0 Å². The van der Waals surface area contributed by atoms with Gasteiger partial charge in [-0.3, -0.25) is 0 Å². The Morgan fingerprint density at radius 3 is 2.84 bits per heavy atom. The van der Waals surface area contributed by atoms with E-state index in [1.165, 1.54) is 0 Å². The minimum atomic E-state index is 0.0791. The van der Waals surface area contributed by atoms with E-state index in [1.54, 1.807) is 0 Å². The van der Waals surface area contributed by atoms with Crippen molar-refractivity contribution in [1.82, 2.24) is 10.2 Å². The van der Waals surface area contributed by atoms with E-state index in [4.69, 9.17) is 9.47 Å². The van der Waals surface area contributed by atoms with Crippen LogP contribution in [-0.2, 0) is 9.47 Å². The lowest BCUT2D eigenvalue weighted by Crippen LogP contribution is -2.39. The lowest BCUT2D eigenvalue weighted by Gasteiger charge is -2.22. The second-order valence-corrected chi connectivity index (χ2v) is 5.61. The van der Waals surface area contributed by atoms with E-state index in [0.717, 1.165) is 58.6 Å². The van der Waals surface area contributed by atoms with Gasteiger partial charge in [-0.1, -0.05) is 6.92 Å². The Balaban J connectivity index is 1.48. The number of urea groups is 1. The monoisotopic (exact) mass is 270 g/mol. The van der Waals surface area contributed by atoms with Crippen LogP contribution in [0.2, 0.25) is 0 Å². The molecule has 0 aromatic carbocycles. The molecule has 0 aromatic rings. The fourth-order valence-corrected chi connectivity index (χ4v) is 2.59. The van der Waals surface area contributed by atoms with Crippen molar-refractivity contribution in [3.8, 4) is 0 Å². The highest BCUT2D eigenvalue weighted by atomic mass is 16.5. The highest BCUT2D eigenvalue weighted by Gasteiger charge is 2.22. The van der Waals surface area contributed by atoms with Crippen molar-refractivity contribution in [3.05, 3.63) is 0 Å².